The van der Waals surface area contributed by atoms with Crippen LogP contribution in [-0.4, -0.2) is 25.0 Å². The van der Waals surface area contributed by atoms with E-state index >= 15 is 0 Å². The molecule has 0 saturated carbocycles. The molecule has 4 heteroatoms. The molecule has 1 amide bonds. The van der Waals surface area contributed by atoms with Crippen LogP contribution in [0.3, 0.4) is 0 Å². The van der Waals surface area contributed by atoms with Crippen molar-refractivity contribution in [3.05, 3.63) is 0 Å². The summed E-state index contributed by atoms with van der Waals surface area (Å²) < 4.78 is 0. The van der Waals surface area contributed by atoms with E-state index in [1.807, 2.05) is 0 Å². The number of hydrogen-bond donors (Lipinski definition) is 1. The third-order valence-electron chi connectivity index (χ3n) is 1.07. The first-order valence-corrected chi connectivity index (χ1v) is 3.45. The Hall–Kier alpha value is -1.19. The monoisotopic (exact) mass is 157 g/mol. The molecule has 0 unspecified atom stereocenters. The van der Waals surface area contributed by atoms with Gasteiger partial charge in [-0.05, 0) is 0 Å². The molecule has 0 aliphatic carbocycles. The van der Waals surface area contributed by atoms with Gasteiger partial charge in [0.1, 0.15) is 12.6 Å². The van der Waals surface area contributed by atoms with E-state index in [4.69, 9.17) is 0 Å². The van der Waals surface area contributed by atoms with Crippen LogP contribution in [-0.2, 0) is 14.4 Å². The molecule has 0 aliphatic heterocycles. The van der Waals surface area contributed by atoms with Crippen molar-refractivity contribution in [1.82, 2.24) is 5.32 Å². The zero-order chi connectivity index (χ0) is 8.53. The van der Waals surface area contributed by atoms with Gasteiger partial charge in [-0.15, -0.1) is 0 Å². The van der Waals surface area contributed by atoms with Crippen molar-refractivity contribution in [3.63, 3.8) is 0 Å². The molecule has 0 radical (unpaired) electrons. The van der Waals surface area contributed by atoms with Crippen LogP contribution in [0.4, 0.5) is 0 Å². The van der Waals surface area contributed by atoms with Crippen LogP contribution in [0.5, 0.6) is 0 Å². The topological polar surface area (TPSA) is 63.2 Å². The second kappa shape index (κ2) is 6.92. The molecule has 62 valence electrons. The highest BCUT2D eigenvalue weighted by atomic mass is 16.2. The molecular weight excluding hydrogens is 146 g/mol. The van der Waals surface area contributed by atoms with E-state index in [2.05, 4.69) is 5.32 Å². The highest BCUT2D eigenvalue weighted by molar-refractivity contribution is 5.78. The summed E-state index contributed by atoms with van der Waals surface area (Å²) >= 11 is 0. The van der Waals surface area contributed by atoms with E-state index in [-0.39, 0.29) is 18.7 Å². The van der Waals surface area contributed by atoms with E-state index < -0.39 is 0 Å². The minimum Gasteiger partial charge on any atom is -0.356 e. The summed E-state index contributed by atoms with van der Waals surface area (Å²) in [4.78, 5) is 30.3. The molecule has 0 rings (SSSR count). The standard InChI is InChI=1S/C7H11NO3/c9-5-1-3-7(11)8-4-2-6-10/h5-6H,1-4H2,(H,8,11). The Balaban J connectivity index is 3.21. The smallest absolute Gasteiger partial charge is 0.220 e. The predicted octanol–water partition coefficient (Wildman–Crippen LogP) is -0.329. The fraction of sp³-hybridized carbons (Fsp3) is 0.571. The maximum absolute atomic E-state index is 10.7. The summed E-state index contributed by atoms with van der Waals surface area (Å²) in [5, 5.41) is 2.49. The van der Waals surface area contributed by atoms with E-state index in [0.717, 1.165) is 6.29 Å². The molecule has 0 aromatic carbocycles. The van der Waals surface area contributed by atoms with Gasteiger partial charge in [0.15, 0.2) is 0 Å². The van der Waals surface area contributed by atoms with Gasteiger partial charge in [0.25, 0.3) is 0 Å². The summed E-state index contributed by atoms with van der Waals surface area (Å²) in [6.45, 7) is 0.362. The van der Waals surface area contributed by atoms with Crippen LogP contribution in [0.1, 0.15) is 19.3 Å². The number of hydrogen-bond acceptors (Lipinski definition) is 3. The van der Waals surface area contributed by atoms with Gasteiger partial charge >= 0.3 is 0 Å². The van der Waals surface area contributed by atoms with Crippen LogP contribution < -0.4 is 5.32 Å². The summed E-state index contributed by atoms with van der Waals surface area (Å²) in [6, 6.07) is 0. The summed E-state index contributed by atoms with van der Waals surface area (Å²) in [6.07, 6.45) is 2.21. The van der Waals surface area contributed by atoms with E-state index in [0.29, 0.717) is 19.3 Å². The number of aldehydes is 2. The molecular formula is C7H11NO3. The maximum Gasteiger partial charge on any atom is 0.220 e. The van der Waals surface area contributed by atoms with Gasteiger partial charge in [-0.25, -0.2) is 0 Å². The molecule has 1 N–H and O–H groups in total. The van der Waals surface area contributed by atoms with Crippen molar-refractivity contribution in [2.45, 2.75) is 19.3 Å². The van der Waals surface area contributed by atoms with Crippen LogP contribution in [0.2, 0.25) is 0 Å². The Morgan fingerprint density at radius 2 is 1.82 bits per heavy atom. The van der Waals surface area contributed by atoms with Crippen molar-refractivity contribution in [2.75, 3.05) is 6.54 Å². The Morgan fingerprint density at radius 3 is 2.36 bits per heavy atom. The lowest BCUT2D eigenvalue weighted by Crippen LogP contribution is -2.24. The van der Waals surface area contributed by atoms with Crippen LogP contribution in [0.15, 0.2) is 0 Å². The number of nitrogens with one attached hydrogen (secondary N) is 1. The molecule has 0 aromatic heterocycles. The minimum atomic E-state index is -0.182. The second-order valence-corrected chi connectivity index (χ2v) is 2.01. The molecule has 0 saturated heterocycles. The third kappa shape index (κ3) is 6.70. The first-order chi connectivity index (χ1) is 5.31. The molecule has 0 spiro atoms. The van der Waals surface area contributed by atoms with Gasteiger partial charge in [-0.2, -0.15) is 0 Å². The Labute approximate surface area is 65.0 Å². The molecule has 0 heterocycles. The Morgan fingerprint density at radius 1 is 1.18 bits per heavy atom. The molecule has 11 heavy (non-hydrogen) atoms. The minimum absolute atomic E-state index is 0.182. The van der Waals surface area contributed by atoms with Crippen molar-refractivity contribution in [1.29, 1.82) is 0 Å². The average molecular weight is 157 g/mol. The zero-order valence-electron chi connectivity index (χ0n) is 6.21. The normalized spacial score (nSPS) is 8.73. The van der Waals surface area contributed by atoms with Gasteiger partial charge in [0.05, 0.1) is 0 Å². The lowest BCUT2D eigenvalue weighted by atomic mass is 10.3. The Bertz CT molecular complexity index is 145. The molecule has 0 aromatic rings. The largest absolute Gasteiger partial charge is 0.356 e. The number of carbonyl (C=O) groups is 3. The first kappa shape index (κ1) is 9.81. The highest BCUT2D eigenvalue weighted by Crippen LogP contribution is 1.83. The quantitative estimate of drug-likeness (QED) is 0.424. The maximum atomic E-state index is 10.7. The number of amides is 1. The molecule has 0 aliphatic rings. The van der Waals surface area contributed by atoms with Gasteiger partial charge in [0, 0.05) is 25.8 Å². The third-order valence-corrected chi connectivity index (χ3v) is 1.07. The van der Waals surface area contributed by atoms with Gasteiger partial charge < -0.3 is 14.9 Å². The first-order valence-electron chi connectivity index (χ1n) is 3.45. The number of carbonyl (C=O) groups excluding carboxylic acids is 3. The molecule has 0 fully saturated rings. The highest BCUT2D eigenvalue weighted by Gasteiger charge is 1.97. The van der Waals surface area contributed by atoms with Gasteiger partial charge in [-0.3, -0.25) is 4.79 Å². The fourth-order valence-electron chi connectivity index (χ4n) is 0.549. The van der Waals surface area contributed by atoms with Crippen molar-refractivity contribution in [3.8, 4) is 0 Å². The SMILES string of the molecule is O=CCCNC(=O)CCC=O. The summed E-state index contributed by atoms with van der Waals surface area (Å²) in [7, 11) is 0. The van der Waals surface area contributed by atoms with Crippen LogP contribution in [0.25, 0.3) is 0 Å². The Kier molecular flexibility index (Phi) is 6.17. The zero-order valence-corrected chi connectivity index (χ0v) is 6.21. The molecule has 0 bridgehead atoms. The molecule has 4 nitrogen and oxygen atoms in total. The lowest BCUT2D eigenvalue weighted by molar-refractivity contribution is -0.122. The van der Waals surface area contributed by atoms with E-state index in [9.17, 15) is 14.4 Å². The number of rotatable bonds is 6. The van der Waals surface area contributed by atoms with E-state index in [1.54, 1.807) is 0 Å². The second-order valence-electron chi connectivity index (χ2n) is 2.01. The van der Waals surface area contributed by atoms with E-state index in [1.165, 1.54) is 0 Å². The summed E-state index contributed by atoms with van der Waals surface area (Å²) in [5.41, 5.74) is 0. The van der Waals surface area contributed by atoms with Crippen molar-refractivity contribution >= 4 is 18.5 Å². The summed E-state index contributed by atoms with van der Waals surface area (Å²) in [5.74, 6) is -0.182. The van der Waals surface area contributed by atoms with Gasteiger partial charge in [0.2, 0.25) is 5.91 Å². The van der Waals surface area contributed by atoms with Crippen molar-refractivity contribution in [2.24, 2.45) is 0 Å². The molecule has 0 atom stereocenters. The fourth-order valence-corrected chi connectivity index (χ4v) is 0.549. The van der Waals surface area contributed by atoms with Crippen molar-refractivity contribution < 1.29 is 14.4 Å². The van der Waals surface area contributed by atoms with Crippen LogP contribution >= 0.6 is 0 Å². The predicted molar refractivity (Wildman–Crippen MR) is 39.0 cm³/mol. The van der Waals surface area contributed by atoms with Gasteiger partial charge in [-0.1, -0.05) is 0 Å². The average Bonchev–Trinajstić information content (AvgIpc) is 2.01. The lowest BCUT2D eigenvalue weighted by Gasteiger charge is -1.98. The van der Waals surface area contributed by atoms with Crippen LogP contribution in [0, 0.1) is 0 Å².